The lowest BCUT2D eigenvalue weighted by atomic mass is 10.1. The van der Waals surface area contributed by atoms with E-state index in [1.807, 2.05) is 24.3 Å². The van der Waals surface area contributed by atoms with Crippen molar-refractivity contribution in [1.82, 2.24) is 0 Å². The van der Waals surface area contributed by atoms with Gasteiger partial charge in [-0.25, -0.2) is 4.57 Å². The van der Waals surface area contributed by atoms with E-state index in [1.54, 1.807) is 0 Å². The highest BCUT2D eigenvalue weighted by Crippen LogP contribution is 2.43. The molecule has 3 atom stereocenters. The zero-order valence-electron chi connectivity index (χ0n) is 50.9. The summed E-state index contributed by atoms with van der Waals surface area (Å²) in [7, 11) is -4.80. The SMILES string of the molecule is CC/C=C\C/C=C\C/C=C\C/C=C\C/C=C\C/C=C\CCC(=O)OCC(COP(=O)(O)OCC(CO)OC(=O)CCCCCCCCC/C=C\C/C=C\CCCCC)OC(=O)CC/C=C\C/C=C\C/C=C\C/C=C\C/C=C\C/C=C\CC. The maximum absolute atomic E-state index is 12.9. The lowest BCUT2D eigenvalue weighted by Gasteiger charge is -2.21. The first-order chi connectivity index (χ1) is 40.2. The summed E-state index contributed by atoms with van der Waals surface area (Å²) in [5.74, 6) is -1.70. The highest BCUT2D eigenvalue weighted by molar-refractivity contribution is 7.47. The number of phosphoric acid groups is 1. The Morgan fingerprint density at radius 2 is 0.659 bits per heavy atom. The van der Waals surface area contributed by atoms with E-state index in [2.05, 4.69) is 167 Å². The van der Waals surface area contributed by atoms with E-state index in [-0.39, 0.29) is 19.3 Å². The molecule has 0 bridgehead atoms. The molecule has 3 unspecified atom stereocenters. The van der Waals surface area contributed by atoms with Gasteiger partial charge in [0, 0.05) is 19.3 Å². The number of carbonyl (C=O) groups excluding carboxylic acids is 3. The molecule has 0 aromatic rings. The molecule has 0 aliphatic heterocycles. The lowest BCUT2D eigenvalue weighted by molar-refractivity contribution is -0.161. The molecule has 0 aromatic carbocycles. The molecular formula is C70H109O11P. The van der Waals surface area contributed by atoms with Crippen LogP contribution in [0, 0.1) is 0 Å². The van der Waals surface area contributed by atoms with Gasteiger partial charge in [-0.1, -0.05) is 236 Å². The molecule has 0 saturated carbocycles. The summed E-state index contributed by atoms with van der Waals surface area (Å²) in [6, 6.07) is 0. The number of aliphatic hydroxyl groups excluding tert-OH is 1. The van der Waals surface area contributed by atoms with Crippen molar-refractivity contribution in [1.29, 1.82) is 0 Å². The van der Waals surface area contributed by atoms with Crippen molar-refractivity contribution < 1.29 is 52.2 Å². The zero-order chi connectivity index (χ0) is 59.8. The molecule has 0 aliphatic rings. The Bertz CT molecular complexity index is 2030. The number of hydrogen-bond acceptors (Lipinski definition) is 10. The first-order valence-corrected chi connectivity index (χ1v) is 32.5. The summed E-state index contributed by atoms with van der Waals surface area (Å²) in [6.07, 6.45) is 83.3. The number of allylic oxidation sites excluding steroid dienone is 28. The Labute approximate surface area is 497 Å². The quantitative estimate of drug-likeness (QED) is 0.0197. The van der Waals surface area contributed by atoms with Crippen LogP contribution in [-0.4, -0.2) is 66.5 Å². The largest absolute Gasteiger partial charge is 0.472 e. The second-order valence-corrected chi connectivity index (χ2v) is 21.2. The van der Waals surface area contributed by atoms with E-state index in [0.717, 1.165) is 109 Å². The van der Waals surface area contributed by atoms with Gasteiger partial charge < -0.3 is 24.2 Å². The molecule has 0 spiro atoms. The Balaban J connectivity index is 4.95. The fraction of sp³-hybridized carbons (Fsp3) is 0.557. The molecule has 11 nitrogen and oxygen atoms in total. The van der Waals surface area contributed by atoms with E-state index < -0.39 is 64.4 Å². The van der Waals surface area contributed by atoms with Crippen LogP contribution < -0.4 is 0 Å². The van der Waals surface area contributed by atoms with Crippen molar-refractivity contribution in [3.05, 3.63) is 170 Å². The molecule has 0 amide bonds. The van der Waals surface area contributed by atoms with Crippen molar-refractivity contribution in [2.45, 2.75) is 226 Å². The van der Waals surface area contributed by atoms with Crippen LogP contribution in [0.1, 0.15) is 213 Å². The van der Waals surface area contributed by atoms with Gasteiger partial charge in [-0.05, 0) is 128 Å². The molecular weight excluding hydrogens is 1050 g/mol. The zero-order valence-corrected chi connectivity index (χ0v) is 51.8. The third-order valence-corrected chi connectivity index (χ3v) is 13.1. The van der Waals surface area contributed by atoms with E-state index in [4.69, 9.17) is 23.3 Å². The van der Waals surface area contributed by atoms with Crippen molar-refractivity contribution in [2.24, 2.45) is 0 Å². The van der Waals surface area contributed by atoms with Crippen LogP contribution in [0.5, 0.6) is 0 Å². The van der Waals surface area contributed by atoms with Gasteiger partial charge in [-0.3, -0.25) is 23.4 Å². The van der Waals surface area contributed by atoms with Crippen molar-refractivity contribution >= 4 is 25.7 Å². The van der Waals surface area contributed by atoms with Crippen LogP contribution in [0.4, 0.5) is 0 Å². The summed E-state index contributed by atoms with van der Waals surface area (Å²) in [5.41, 5.74) is 0. The van der Waals surface area contributed by atoms with Crippen LogP contribution in [0.3, 0.4) is 0 Å². The van der Waals surface area contributed by atoms with Gasteiger partial charge in [0.1, 0.15) is 12.7 Å². The first-order valence-electron chi connectivity index (χ1n) is 31.0. The molecule has 0 aromatic heterocycles. The first kappa shape index (κ1) is 76.8. The average Bonchev–Trinajstić information content (AvgIpc) is 3.47. The summed E-state index contributed by atoms with van der Waals surface area (Å²) in [5, 5.41) is 9.85. The minimum atomic E-state index is -4.80. The predicted octanol–water partition coefficient (Wildman–Crippen LogP) is 19.0. The van der Waals surface area contributed by atoms with Gasteiger partial charge in [-0.2, -0.15) is 0 Å². The van der Waals surface area contributed by atoms with Gasteiger partial charge in [0.05, 0.1) is 19.8 Å². The molecule has 0 fully saturated rings. The van der Waals surface area contributed by atoms with E-state index >= 15 is 0 Å². The van der Waals surface area contributed by atoms with Crippen LogP contribution in [0.15, 0.2) is 170 Å². The monoisotopic (exact) mass is 1160 g/mol. The number of hydrogen-bond donors (Lipinski definition) is 2. The second kappa shape index (κ2) is 61.9. The van der Waals surface area contributed by atoms with Gasteiger partial charge >= 0.3 is 25.7 Å². The molecule has 0 heterocycles. The van der Waals surface area contributed by atoms with Crippen LogP contribution in [-0.2, 0) is 42.2 Å². The lowest BCUT2D eigenvalue weighted by Crippen LogP contribution is -2.30. The fourth-order valence-electron chi connectivity index (χ4n) is 7.50. The number of carbonyl (C=O) groups is 3. The predicted molar refractivity (Wildman–Crippen MR) is 343 cm³/mol. The van der Waals surface area contributed by atoms with Gasteiger partial charge in [-0.15, -0.1) is 0 Å². The number of unbranched alkanes of at least 4 members (excludes halogenated alkanes) is 10. The summed E-state index contributed by atoms with van der Waals surface area (Å²) in [6.45, 7) is 4.20. The number of ether oxygens (including phenoxy) is 3. The number of phosphoric ester groups is 1. The number of rotatable bonds is 55. The highest BCUT2D eigenvalue weighted by atomic mass is 31.2. The minimum Gasteiger partial charge on any atom is -0.462 e. The Kier molecular flexibility index (Phi) is 58.0. The van der Waals surface area contributed by atoms with E-state index in [1.165, 1.54) is 38.5 Å². The number of aliphatic hydroxyl groups is 1. The minimum absolute atomic E-state index is 0.0159. The molecule has 0 saturated heterocycles. The summed E-state index contributed by atoms with van der Waals surface area (Å²) < 4.78 is 39.4. The third kappa shape index (κ3) is 59.5. The van der Waals surface area contributed by atoms with Gasteiger partial charge in [0.2, 0.25) is 0 Å². The smallest absolute Gasteiger partial charge is 0.462 e. The summed E-state index contributed by atoms with van der Waals surface area (Å²) in [4.78, 5) is 48.6. The standard InChI is InChI=1S/C70H109O11P/c1-4-7-10-13-16-19-22-25-28-31-33-36-38-41-44-47-50-53-56-59-68(72)77-63-67(81-70(74)61-58-55-52-49-46-43-40-37-34-32-29-26-23-20-17-14-11-8-5-2)65-79-82(75,76)78-64-66(62-71)80-69(73)60-57-54-51-48-45-42-39-35-30-27-24-21-18-15-12-9-6-3/h7-8,10-11,16-21,25-30,33-34,36-37,41,43-44,46,50,52-53,55,66-67,71H,4-6,9,12-15,22-24,31-32,35,38-40,42,45,47-49,51,54,56-65H2,1-3H3,(H,75,76)/b10-7-,11-8-,19-16-,20-17-,21-18-,28-25-,29-26-,30-27-,36-33-,37-34-,44-41-,46-43-,53-50-,55-52-. The van der Waals surface area contributed by atoms with E-state index in [9.17, 15) is 28.9 Å². The van der Waals surface area contributed by atoms with E-state index in [0.29, 0.717) is 25.7 Å². The highest BCUT2D eigenvalue weighted by Gasteiger charge is 2.28. The van der Waals surface area contributed by atoms with Crippen molar-refractivity contribution in [3.8, 4) is 0 Å². The molecule has 0 radical (unpaired) electrons. The molecule has 0 rings (SSSR count). The van der Waals surface area contributed by atoms with Crippen molar-refractivity contribution in [3.63, 3.8) is 0 Å². The third-order valence-electron chi connectivity index (χ3n) is 12.1. The van der Waals surface area contributed by atoms with Crippen LogP contribution >= 0.6 is 7.82 Å². The maximum Gasteiger partial charge on any atom is 0.472 e. The second-order valence-electron chi connectivity index (χ2n) is 19.7. The van der Waals surface area contributed by atoms with Crippen LogP contribution in [0.2, 0.25) is 0 Å². The molecule has 460 valence electrons. The van der Waals surface area contributed by atoms with Crippen molar-refractivity contribution in [2.75, 3.05) is 26.4 Å². The molecule has 2 N–H and O–H groups in total. The normalized spacial score (nSPS) is 14.5. The average molecular weight is 1160 g/mol. The van der Waals surface area contributed by atoms with Gasteiger partial charge in [0.25, 0.3) is 0 Å². The molecule has 0 aliphatic carbocycles. The summed E-state index contributed by atoms with van der Waals surface area (Å²) >= 11 is 0. The van der Waals surface area contributed by atoms with Crippen LogP contribution in [0.25, 0.3) is 0 Å². The Hall–Kier alpha value is -5.16. The fourth-order valence-corrected chi connectivity index (χ4v) is 8.28. The topological polar surface area (TPSA) is 155 Å². The Morgan fingerprint density at radius 1 is 0.354 bits per heavy atom. The molecule has 12 heteroatoms. The Morgan fingerprint density at radius 3 is 1.05 bits per heavy atom. The van der Waals surface area contributed by atoms with Gasteiger partial charge in [0.15, 0.2) is 6.10 Å². The number of esters is 3. The maximum atomic E-state index is 12.9. The molecule has 82 heavy (non-hydrogen) atoms.